The van der Waals surface area contributed by atoms with E-state index in [9.17, 15) is 18.0 Å². The number of carbonyl (C=O) groups excluding carboxylic acids is 1. The minimum absolute atomic E-state index is 0.136. The Bertz CT molecular complexity index is 724. The van der Waals surface area contributed by atoms with E-state index in [0.29, 0.717) is 0 Å². The summed E-state index contributed by atoms with van der Waals surface area (Å²) in [6.07, 6.45) is -2.29. The van der Waals surface area contributed by atoms with Crippen LogP contribution in [0.5, 0.6) is 0 Å². The first kappa shape index (κ1) is 15.6. The number of halogens is 3. The Morgan fingerprint density at radius 2 is 1.91 bits per heavy atom. The summed E-state index contributed by atoms with van der Waals surface area (Å²) in [5.41, 5.74) is 1.84. The van der Waals surface area contributed by atoms with Crippen molar-refractivity contribution in [2.24, 2.45) is 0 Å². The summed E-state index contributed by atoms with van der Waals surface area (Å²) in [7, 11) is 0. The second-order valence-corrected chi connectivity index (χ2v) is 5.77. The number of alkyl halides is 3. The largest absolute Gasteiger partial charge is 0.416 e. The van der Waals surface area contributed by atoms with Gasteiger partial charge in [0.2, 0.25) is 5.91 Å². The maximum Gasteiger partial charge on any atom is 0.416 e. The lowest BCUT2D eigenvalue weighted by atomic mass is 9.97. The Kier molecular flexibility index (Phi) is 4.11. The second kappa shape index (κ2) is 6.07. The van der Waals surface area contributed by atoms with Crippen molar-refractivity contribution in [3.8, 4) is 0 Å². The van der Waals surface area contributed by atoms with Crippen molar-refractivity contribution < 1.29 is 18.0 Å². The number of aryl methyl sites for hydroxylation is 1. The van der Waals surface area contributed by atoms with Crippen molar-refractivity contribution in [3.63, 3.8) is 0 Å². The number of anilines is 1. The Morgan fingerprint density at radius 3 is 2.70 bits per heavy atom. The zero-order valence-corrected chi connectivity index (χ0v) is 12.4. The first-order chi connectivity index (χ1) is 10.9. The second-order valence-electron chi connectivity index (χ2n) is 5.77. The molecular weight excluding hydrogens is 303 g/mol. The lowest BCUT2D eigenvalue weighted by molar-refractivity contribution is -0.137. The van der Waals surface area contributed by atoms with Gasteiger partial charge in [-0.05, 0) is 48.1 Å². The van der Waals surface area contributed by atoms with E-state index >= 15 is 0 Å². The molecule has 0 heterocycles. The molecule has 2 aromatic carbocycles. The molecule has 0 saturated carbocycles. The summed E-state index contributed by atoms with van der Waals surface area (Å²) in [4.78, 5) is 12.1. The summed E-state index contributed by atoms with van der Waals surface area (Å²) in [6, 6.07) is 12.7. The van der Waals surface area contributed by atoms with E-state index in [1.165, 1.54) is 23.3 Å². The van der Waals surface area contributed by atoms with Gasteiger partial charge >= 0.3 is 6.18 Å². The number of hydrogen-bond acceptors (Lipinski definition) is 1. The van der Waals surface area contributed by atoms with E-state index < -0.39 is 11.7 Å². The van der Waals surface area contributed by atoms with Gasteiger partial charge in [0.25, 0.3) is 0 Å². The van der Waals surface area contributed by atoms with E-state index in [4.69, 9.17) is 0 Å². The van der Waals surface area contributed by atoms with Gasteiger partial charge in [0.1, 0.15) is 0 Å². The van der Waals surface area contributed by atoms with Gasteiger partial charge in [-0.1, -0.05) is 30.3 Å². The molecule has 1 aliphatic rings. The summed E-state index contributed by atoms with van der Waals surface area (Å²) in [5, 5.41) is 2.57. The predicted octanol–water partition coefficient (Wildman–Crippen LogP) is 4.76. The fourth-order valence-electron chi connectivity index (χ4n) is 3.07. The van der Waals surface area contributed by atoms with Crippen LogP contribution >= 0.6 is 0 Å². The van der Waals surface area contributed by atoms with Crippen molar-refractivity contribution >= 4 is 11.6 Å². The van der Waals surface area contributed by atoms with Crippen molar-refractivity contribution in [1.29, 1.82) is 0 Å². The predicted molar refractivity (Wildman–Crippen MR) is 82.2 cm³/mol. The van der Waals surface area contributed by atoms with Crippen LogP contribution in [0.25, 0.3) is 0 Å². The molecule has 1 aliphatic carbocycles. The maximum absolute atomic E-state index is 12.7. The molecule has 0 fully saturated rings. The fourth-order valence-corrected chi connectivity index (χ4v) is 3.07. The molecule has 23 heavy (non-hydrogen) atoms. The number of rotatable bonds is 3. The quantitative estimate of drug-likeness (QED) is 0.868. The monoisotopic (exact) mass is 319 g/mol. The molecule has 0 radical (unpaired) electrons. The highest BCUT2D eigenvalue weighted by molar-refractivity contribution is 5.91. The summed E-state index contributed by atoms with van der Waals surface area (Å²) in [6.45, 7) is 0. The number of carbonyl (C=O) groups is 1. The summed E-state index contributed by atoms with van der Waals surface area (Å²) < 4.78 is 38.1. The van der Waals surface area contributed by atoms with Crippen molar-refractivity contribution in [2.45, 2.75) is 31.4 Å². The average Bonchev–Trinajstić information content (AvgIpc) is 2.90. The highest BCUT2D eigenvalue weighted by Gasteiger charge is 2.30. The van der Waals surface area contributed by atoms with Crippen molar-refractivity contribution in [1.82, 2.24) is 0 Å². The molecule has 5 heteroatoms. The minimum atomic E-state index is -4.41. The van der Waals surface area contributed by atoms with Crippen LogP contribution in [0.3, 0.4) is 0 Å². The number of fused-ring (bicyclic) bond motifs is 1. The van der Waals surface area contributed by atoms with Crippen molar-refractivity contribution in [2.75, 3.05) is 5.32 Å². The third kappa shape index (κ3) is 3.55. The Morgan fingerprint density at radius 1 is 1.13 bits per heavy atom. The summed E-state index contributed by atoms with van der Waals surface area (Å²) >= 11 is 0. The van der Waals surface area contributed by atoms with Gasteiger partial charge in [-0.15, -0.1) is 0 Å². The van der Waals surface area contributed by atoms with Gasteiger partial charge in [-0.2, -0.15) is 13.2 Å². The highest BCUT2D eigenvalue weighted by atomic mass is 19.4. The number of benzene rings is 2. The van der Waals surface area contributed by atoms with E-state index in [1.807, 2.05) is 18.2 Å². The molecule has 0 bridgehead atoms. The molecule has 1 N–H and O–H groups in total. The Balaban J connectivity index is 1.67. The van der Waals surface area contributed by atoms with E-state index in [-0.39, 0.29) is 23.9 Å². The molecule has 1 atom stereocenters. The molecule has 0 spiro atoms. The van der Waals surface area contributed by atoms with Gasteiger partial charge in [-0.3, -0.25) is 4.79 Å². The first-order valence-corrected chi connectivity index (χ1v) is 7.48. The van der Waals surface area contributed by atoms with Crippen LogP contribution in [0.4, 0.5) is 18.9 Å². The Labute approximate surface area is 132 Å². The van der Waals surface area contributed by atoms with Gasteiger partial charge in [0, 0.05) is 12.1 Å². The average molecular weight is 319 g/mol. The lowest BCUT2D eigenvalue weighted by Gasteiger charge is -2.13. The molecule has 120 valence electrons. The minimum Gasteiger partial charge on any atom is -0.326 e. The molecule has 0 saturated heterocycles. The van der Waals surface area contributed by atoms with Crippen LogP contribution in [-0.4, -0.2) is 5.91 Å². The Hall–Kier alpha value is -2.30. The standard InChI is InChI=1S/C18H16F3NO/c19-18(20,21)14-5-3-6-15(11-14)22-17(23)10-13-9-8-12-4-1-2-7-16(12)13/h1-7,11,13H,8-10H2,(H,22,23)/t13-/m0/s1. The fraction of sp³-hybridized carbons (Fsp3) is 0.278. The molecule has 0 unspecified atom stereocenters. The smallest absolute Gasteiger partial charge is 0.326 e. The van der Waals surface area contributed by atoms with E-state index in [2.05, 4.69) is 11.4 Å². The maximum atomic E-state index is 12.7. The molecule has 2 aromatic rings. The van der Waals surface area contributed by atoms with Gasteiger partial charge in [-0.25, -0.2) is 0 Å². The van der Waals surface area contributed by atoms with Gasteiger partial charge in [0.15, 0.2) is 0 Å². The number of amides is 1. The normalized spacial score (nSPS) is 16.9. The molecule has 0 aliphatic heterocycles. The number of hydrogen-bond donors (Lipinski definition) is 1. The van der Waals surface area contributed by atoms with Crippen molar-refractivity contribution in [3.05, 3.63) is 65.2 Å². The topological polar surface area (TPSA) is 29.1 Å². The van der Waals surface area contributed by atoms with Gasteiger partial charge < -0.3 is 5.32 Å². The van der Waals surface area contributed by atoms with Crippen LogP contribution < -0.4 is 5.32 Å². The third-order valence-corrected chi connectivity index (χ3v) is 4.16. The zero-order chi connectivity index (χ0) is 16.4. The zero-order valence-electron chi connectivity index (χ0n) is 12.4. The van der Waals surface area contributed by atoms with Crippen LogP contribution in [0.2, 0.25) is 0 Å². The number of nitrogens with one attached hydrogen (secondary N) is 1. The summed E-state index contributed by atoms with van der Waals surface area (Å²) in [5.74, 6) is -0.122. The molecular formula is C18H16F3NO. The van der Waals surface area contributed by atoms with Crippen LogP contribution in [-0.2, 0) is 17.4 Å². The molecule has 3 rings (SSSR count). The highest BCUT2D eigenvalue weighted by Crippen LogP contribution is 2.35. The van der Waals surface area contributed by atoms with Crippen LogP contribution in [0, 0.1) is 0 Å². The lowest BCUT2D eigenvalue weighted by Crippen LogP contribution is -2.15. The SMILES string of the molecule is O=C(C[C@@H]1CCc2ccccc21)Nc1cccc(C(F)(F)F)c1. The van der Waals surface area contributed by atoms with E-state index in [0.717, 1.165) is 25.0 Å². The molecule has 2 nitrogen and oxygen atoms in total. The third-order valence-electron chi connectivity index (χ3n) is 4.16. The first-order valence-electron chi connectivity index (χ1n) is 7.48. The van der Waals surface area contributed by atoms with Crippen LogP contribution in [0.1, 0.15) is 35.4 Å². The van der Waals surface area contributed by atoms with E-state index in [1.54, 1.807) is 0 Å². The van der Waals surface area contributed by atoms with Gasteiger partial charge in [0.05, 0.1) is 5.56 Å². The van der Waals surface area contributed by atoms with Crippen LogP contribution in [0.15, 0.2) is 48.5 Å². The molecule has 1 amide bonds. The molecule has 0 aromatic heterocycles.